The summed E-state index contributed by atoms with van der Waals surface area (Å²) in [5.41, 5.74) is 0. The molecule has 1 fully saturated rings. The smallest absolute Gasteiger partial charge is 0.317 e. The fraction of sp³-hybridized carbons (Fsp3) is 0.500. The van der Waals surface area contributed by atoms with E-state index in [0.717, 1.165) is 32.0 Å². The van der Waals surface area contributed by atoms with E-state index in [-0.39, 0.29) is 6.03 Å². The summed E-state index contributed by atoms with van der Waals surface area (Å²) in [6.07, 6.45) is 5.08. The van der Waals surface area contributed by atoms with Crippen LogP contribution in [0, 0.1) is 0 Å². The molecule has 1 aromatic rings. The molecule has 16 heavy (non-hydrogen) atoms. The van der Waals surface area contributed by atoms with Crippen molar-refractivity contribution in [2.24, 2.45) is 0 Å². The Bertz CT molecular complexity index is 347. The van der Waals surface area contributed by atoms with Crippen molar-refractivity contribution >= 4 is 11.8 Å². The maximum Gasteiger partial charge on any atom is 0.317 e. The van der Waals surface area contributed by atoms with Gasteiger partial charge in [0.15, 0.2) is 0 Å². The second kappa shape index (κ2) is 4.78. The molecule has 1 aromatic heterocycles. The van der Waals surface area contributed by atoms with Crippen molar-refractivity contribution in [3.05, 3.63) is 18.6 Å². The monoisotopic (exact) mass is 221 g/mol. The second-order valence-corrected chi connectivity index (χ2v) is 3.59. The number of rotatable bonds is 1. The van der Waals surface area contributed by atoms with E-state index in [9.17, 15) is 4.79 Å². The summed E-state index contributed by atoms with van der Waals surface area (Å²) in [7, 11) is 1.65. The van der Waals surface area contributed by atoms with Crippen LogP contribution in [-0.4, -0.2) is 54.1 Å². The van der Waals surface area contributed by atoms with Gasteiger partial charge in [0.25, 0.3) is 0 Å². The average Bonchev–Trinajstić information content (AvgIpc) is 2.39. The molecule has 6 nitrogen and oxygen atoms in total. The zero-order valence-corrected chi connectivity index (χ0v) is 9.26. The van der Waals surface area contributed by atoms with Gasteiger partial charge >= 0.3 is 6.03 Å². The Balaban J connectivity index is 1.93. The molecule has 2 heterocycles. The number of nitrogens with zero attached hydrogens (tertiary/aromatic N) is 4. The summed E-state index contributed by atoms with van der Waals surface area (Å²) in [5.74, 6) is 0.874. The van der Waals surface area contributed by atoms with Crippen LogP contribution in [-0.2, 0) is 0 Å². The van der Waals surface area contributed by atoms with Crippen LogP contribution in [0.15, 0.2) is 18.6 Å². The molecule has 86 valence electrons. The van der Waals surface area contributed by atoms with Gasteiger partial charge in [-0.05, 0) is 0 Å². The number of piperazine rings is 1. The molecular formula is C10H15N5O. The van der Waals surface area contributed by atoms with Crippen molar-refractivity contribution in [1.29, 1.82) is 0 Å². The van der Waals surface area contributed by atoms with Crippen LogP contribution in [0.25, 0.3) is 0 Å². The zero-order chi connectivity index (χ0) is 11.4. The van der Waals surface area contributed by atoms with Crippen LogP contribution in [0.2, 0.25) is 0 Å². The predicted molar refractivity (Wildman–Crippen MR) is 60.3 cm³/mol. The molecule has 0 saturated carbocycles. The second-order valence-electron chi connectivity index (χ2n) is 3.59. The third kappa shape index (κ3) is 2.21. The van der Waals surface area contributed by atoms with Crippen molar-refractivity contribution in [2.45, 2.75) is 0 Å². The van der Waals surface area contributed by atoms with Crippen LogP contribution in [0.5, 0.6) is 0 Å². The highest BCUT2D eigenvalue weighted by Gasteiger charge is 2.20. The summed E-state index contributed by atoms with van der Waals surface area (Å²) in [6.45, 7) is 3.03. The number of amides is 2. The van der Waals surface area contributed by atoms with Crippen LogP contribution >= 0.6 is 0 Å². The van der Waals surface area contributed by atoms with E-state index in [0.29, 0.717) is 0 Å². The number of hydrogen-bond acceptors (Lipinski definition) is 4. The van der Waals surface area contributed by atoms with Crippen LogP contribution < -0.4 is 10.2 Å². The lowest BCUT2D eigenvalue weighted by Gasteiger charge is -2.34. The Hall–Kier alpha value is -1.85. The normalized spacial score (nSPS) is 16.1. The number of aromatic nitrogens is 2. The van der Waals surface area contributed by atoms with Gasteiger partial charge in [-0.3, -0.25) is 4.98 Å². The zero-order valence-electron chi connectivity index (χ0n) is 9.26. The van der Waals surface area contributed by atoms with E-state index in [4.69, 9.17) is 0 Å². The van der Waals surface area contributed by atoms with Gasteiger partial charge < -0.3 is 15.1 Å². The van der Waals surface area contributed by atoms with E-state index in [1.54, 1.807) is 30.5 Å². The number of nitrogens with one attached hydrogen (secondary N) is 1. The Morgan fingerprint density at radius 1 is 1.31 bits per heavy atom. The number of hydrogen-bond donors (Lipinski definition) is 1. The number of carbonyl (C=O) groups is 1. The highest BCUT2D eigenvalue weighted by atomic mass is 16.2. The van der Waals surface area contributed by atoms with E-state index in [1.807, 2.05) is 0 Å². The molecule has 1 saturated heterocycles. The summed E-state index contributed by atoms with van der Waals surface area (Å²) in [6, 6.07) is -0.0150. The van der Waals surface area contributed by atoms with Gasteiger partial charge in [0.1, 0.15) is 5.82 Å². The molecule has 0 unspecified atom stereocenters. The molecule has 0 radical (unpaired) electrons. The minimum Gasteiger partial charge on any atom is -0.352 e. The molecule has 2 rings (SSSR count). The molecule has 1 aliphatic heterocycles. The number of urea groups is 1. The summed E-state index contributed by atoms with van der Waals surface area (Å²) in [5, 5.41) is 2.63. The quantitative estimate of drug-likeness (QED) is 0.721. The van der Waals surface area contributed by atoms with Gasteiger partial charge in [-0.15, -0.1) is 0 Å². The molecule has 0 atom stereocenters. The van der Waals surface area contributed by atoms with Crippen molar-refractivity contribution < 1.29 is 4.79 Å². The fourth-order valence-electron chi connectivity index (χ4n) is 1.75. The Morgan fingerprint density at radius 2 is 2.06 bits per heavy atom. The van der Waals surface area contributed by atoms with Crippen molar-refractivity contribution in [2.75, 3.05) is 38.1 Å². The van der Waals surface area contributed by atoms with Crippen molar-refractivity contribution in [3.8, 4) is 0 Å². The van der Waals surface area contributed by atoms with Crippen LogP contribution in [0.4, 0.5) is 10.6 Å². The molecule has 1 N–H and O–H groups in total. The van der Waals surface area contributed by atoms with Gasteiger partial charge in [0.05, 0.1) is 6.20 Å². The third-order valence-corrected chi connectivity index (χ3v) is 2.65. The molecule has 0 bridgehead atoms. The van der Waals surface area contributed by atoms with Crippen molar-refractivity contribution in [1.82, 2.24) is 20.2 Å². The first-order chi connectivity index (χ1) is 7.81. The third-order valence-electron chi connectivity index (χ3n) is 2.65. The highest BCUT2D eigenvalue weighted by molar-refractivity contribution is 5.74. The van der Waals surface area contributed by atoms with E-state index in [2.05, 4.69) is 20.2 Å². The maximum absolute atomic E-state index is 11.4. The SMILES string of the molecule is CNC(=O)N1CCN(c2cnccn2)CC1. The maximum atomic E-state index is 11.4. The highest BCUT2D eigenvalue weighted by Crippen LogP contribution is 2.11. The van der Waals surface area contributed by atoms with E-state index < -0.39 is 0 Å². The summed E-state index contributed by atoms with van der Waals surface area (Å²) >= 11 is 0. The minimum atomic E-state index is -0.0150. The molecule has 2 amide bonds. The standard InChI is InChI=1S/C10H15N5O/c1-11-10(16)15-6-4-14(5-7-15)9-8-12-2-3-13-9/h2-3,8H,4-7H2,1H3,(H,11,16). The molecular weight excluding hydrogens is 206 g/mol. The topological polar surface area (TPSA) is 61.4 Å². The average molecular weight is 221 g/mol. The minimum absolute atomic E-state index is 0.0150. The molecule has 0 aliphatic carbocycles. The first-order valence-corrected chi connectivity index (χ1v) is 5.29. The first-order valence-electron chi connectivity index (χ1n) is 5.29. The number of anilines is 1. The molecule has 0 aromatic carbocycles. The fourth-order valence-corrected chi connectivity index (χ4v) is 1.75. The van der Waals surface area contributed by atoms with Gasteiger partial charge in [-0.25, -0.2) is 9.78 Å². The predicted octanol–water partition coefficient (Wildman–Crippen LogP) is -0.0620. The lowest BCUT2D eigenvalue weighted by Crippen LogP contribution is -2.51. The summed E-state index contributed by atoms with van der Waals surface area (Å²) < 4.78 is 0. The van der Waals surface area contributed by atoms with Crippen molar-refractivity contribution in [3.63, 3.8) is 0 Å². The van der Waals surface area contributed by atoms with Gasteiger partial charge in [0, 0.05) is 45.6 Å². The van der Waals surface area contributed by atoms with E-state index in [1.165, 1.54) is 0 Å². The Labute approximate surface area is 94.3 Å². The number of carbonyl (C=O) groups excluding carboxylic acids is 1. The Kier molecular flexibility index (Phi) is 3.19. The molecule has 6 heteroatoms. The van der Waals surface area contributed by atoms with Crippen LogP contribution in [0.3, 0.4) is 0 Å². The first kappa shape index (κ1) is 10.7. The lowest BCUT2D eigenvalue weighted by atomic mass is 10.3. The van der Waals surface area contributed by atoms with E-state index >= 15 is 0 Å². The van der Waals surface area contributed by atoms with Gasteiger partial charge in [-0.2, -0.15) is 0 Å². The summed E-state index contributed by atoms with van der Waals surface area (Å²) in [4.78, 5) is 23.6. The Morgan fingerprint density at radius 3 is 2.62 bits per heavy atom. The lowest BCUT2D eigenvalue weighted by molar-refractivity contribution is 0.196. The largest absolute Gasteiger partial charge is 0.352 e. The molecule has 0 spiro atoms. The van der Waals surface area contributed by atoms with Gasteiger partial charge in [-0.1, -0.05) is 0 Å². The molecule has 1 aliphatic rings. The van der Waals surface area contributed by atoms with Crippen LogP contribution in [0.1, 0.15) is 0 Å². The van der Waals surface area contributed by atoms with Gasteiger partial charge in [0.2, 0.25) is 0 Å².